The third-order valence-corrected chi connectivity index (χ3v) is 4.91. The van der Waals surface area contributed by atoms with E-state index < -0.39 is 6.10 Å². The van der Waals surface area contributed by atoms with Crippen LogP contribution < -0.4 is 5.32 Å². The van der Waals surface area contributed by atoms with Crippen LogP contribution in [0.25, 0.3) is 0 Å². The maximum Gasteiger partial charge on any atom is 0.317 e. The number of urea groups is 1. The first-order valence-electron chi connectivity index (χ1n) is 8.06. The monoisotopic (exact) mass is 306 g/mol. The van der Waals surface area contributed by atoms with Gasteiger partial charge in [-0.2, -0.15) is 0 Å². The molecule has 3 unspecified atom stereocenters. The highest BCUT2D eigenvalue weighted by Crippen LogP contribution is 2.32. The number of carbonyl (C=O) groups excluding carboxylic acids is 1. The quantitative estimate of drug-likeness (QED) is 0.882. The third kappa shape index (κ3) is 3.09. The van der Waals surface area contributed by atoms with Crippen molar-refractivity contribution in [3.63, 3.8) is 0 Å². The zero-order valence-corrected chi connectivity index (χ0v) is 12.9. The summed E-state index contributed by atoms with van der Waals surface area (Å²) in [5.74, 6) is -0.111. The Balaban J connectivity index is 1.65. The number of nitrogens with zero attached hydrogens (tertiary/aromatic N) is 1. The standard InChI is InChI=1S/C17H23FN2O2/c1-11(21)13-3-2-8-20(10-13)17(22)19-16-7-5-12-4-6-14(18)9-15(12)16/h4,6,9,11,13,16,21H,2-3,5,7-8,10H2,1H3,(H,19,22). The zero-order valence-electron chi connectivity index (χ0n) is 12.9. The van der Waals surface area contributed by atoms with Crippen molar-refractivity contribution >= 4 is 6.03 Å². The number of aliphatic hydroxyl groups excluding tert-OH is 1. The van der Waals surface area contributed by atoms with Crippen molar-refractivity contribution in [3.8, 4) is 0 Å². The lowest BCUT2D eigenvalue weighted by atomic mass is 9.94. The number of halogens is 1. The Kier molecular flexibility index (Phi) is 4.34. The zero-order chi connectivity index (χ0) is 15.7. The second kappa shape index (κ2) is 6.24. The molecule has 4 nitrogen and oxygen atoms in total. The van der Waals surface area contributed by atoms with Gasteiger partial charge in [0.25, 0.3) is 0 Å². The molecule has 1 aliphatic heterocycles. The number of benzene rings is 1. The van der Waals surface area contributed by atoms with Crippen LogP contribution in [0, 0.1) is 11.7 Å². The van der Waals surface area contributed by atoms with Gasteiger partial charge in [0, 0.05) is 19.0 Å². The SMILES string of the molecule is CC(O)C1CCCN(C(=O)NC2CCc3ccc(F)cc32)C1. The number of fused-ring (bicyclic) bond motifs is 1. The summed E-state index contributed by atoms with van der Waals surface area (Å²) in [7, 11) is 0. The average molecular weight is 306 g/mol. The Hall–Kier alpha value is -1.62. The third-order valence-electron chi connectivity index (χ3n) is 4.91. The van der Waals surface area contributed by atoms with E-state index in [9.17, 15) is 14.3 Å². The normalized spacial score (nSPS) is 25.7. The molecule has 22 heavy (non-hydrogen) atoms. The number of likely N-dealkylation sites (tertiary alicyclic amines) is 1. The summed E-state index contributed by atoms with van der Waals surface area (Å²) in [6, 6.07) is 4.60. The summed E-state index contributed by atoms with van der Waals surface area (Å²) in [5, 5.41) is 12.8. The summed E-state index contributed by atoms with van der Waals surface area (Å²) in [5.41, 5.74) is 2.02. The van der Waals surface area contributed by atoms with Gasteiger partial charge >= 0.3 is 6.03 Å². The van der Waals surface area contributed by atoms with Gasteiger partial charge in [0.15, 0.2) is 0 Å². The Bertz CT molecular complexity index is 562. The van der Waals surface area contributed by atoms with Crippen molar-refractivity contribution in [2.24, 2.45) is 5.92 Å². The van der Waals surface area contributed by atoms with Crippen LogP contribution in [-0.2, 0) is 6.42 Å². The number of rotatable bonds is 2. The lowest BCUT2D eigenvalue weighted by Gasteiger charge is -2.34. The van der Waals surface area contributed by atoms with Crippen molar-refractivity contribution in [1.29, 1.82) is 0 Å². The molecule has 0 bridgehead atoms. The van der Waals surface area contributed by atoms with Gasteiger partial charge in [-0.15, -0.1) is 0 Å². The van der Waals surface area contributed by atoms with E-state index >= 15 is 0 Å². The second-order valence-electron chi connectivity index (χ2n) is 6.47. The minimum absolute atomic E-state index is 0.104. The van der Waals surface area contributed by atoms with Gasteiger partial charge in [0.05, 0.1) is 12.1 Å². The van der Waals surface area contributed by atoms with E-state index in [4.69, 9.17) is 0 Å². The van der Waals surface area contributed by atoms with Crippen LogP contribution in [0.2, 0.25) is 0 Å². The minimum Gasteiger partial charge on any atom is -0.393 e. The van der Waals surface area contributed by atoms with E-state index in [2.05, 4.69) is 5.32 Å². The fourth-order valence-corrected chi connectivity index (χ4v) is 3.55. The molecule has 0 spiro atoms. The number of hydrogen-bond acceptors (Lipinski definition) is 2. The first-order chi connectivity index (χ1) is 10.5. The van der Waals surface area contributed by atoms with E-state index in [1.165, 1.54) is 12.1 Å². The maximum absolute atomic E-state index is 13.4. The number of aliphatic hydroxyl groups is 1. The Morgan fingerprint density at radius 1 is 1.45 bits per heavy atom. The lowest BCUT2D eigenvalue weighted by Crippen LogP contribution is -2.48. The largest absolute Gasteiger partial charge is 0.393 e. The van der Waals surface area contributed by atoms with Gasteiger partial charge in [-0.1, -0.05) is 6.07 Å². The lowest BCUT2D eigenvalue weighted by molar-refractivity contribution is 0.0733. The minimum atomic E-state index is -0.392. The Labute approximate surface area is 130 Å². The number of carbonyl (C=O) groups is 1. The van der Waals surface area contributed by atoms with Crippen molar-refractivity contribution in [1.82, 2.24) is 10.2 Å². The van der Waals surface area contributed by atoms with Crippen LogP contribution in [0.1, 0.15) is 43.4 Å². The van der Waals surface area contributed by atoms with Crippen LogP contribution in [0.3, 0.4) is 0 Å². The topological polar surface area (TPSA) is 52.6 Å². The van der Waals surface area contributed by atoms with Crippen LogP contribution in [0.4, 0.5) is 9.18 Å². The molecule has 1 saturated heterocycles. The molecule has 1 aromatic rings. The molecule has 3 atom stereocenters. The fourth-order valence-electron chi connectivity index (χ4n) is 3.55. The maximum atomic E-state index is 13.4. The molecule has 0 radical (unpaired) electrons. The number of piperidine rings is 1. The molecule has 1 aromatic carbocycles. The molecule has 120 valence electrons. The molecular weight excluding hydrogens is 283 g/mol. The van der Waals surface area contributed by atoms with Gasteiger partial charge in [-0.05, 0) is 55.9 Å². The van der Waals surface area contributed by atoms with Crippen LogP contribution in [0.15, 0.2) is 18.2 Å². The molecule has 0 aromatic heterocycles. The highest BCUT2D eigenvalue weighted by molar-refractivity contribution is 5.75. The summed E-state index contributed by atoms with van der Waals surface area (Å²) < 4.78 is 13.4. The van der Waals surface area contributed by atoms with E-state index in [0.29, 0.717) is 6.54 Å². The molecule has 0 saturated carbocycles. The summed E-state index contributed by atoms with van der Waals surface area (Å²) in [6.07, 6.45) is 3.17. The molecule has 1 fully saturated rings. The van der Waals surface area contributed by atoms with Crippen molar-refractivity contribution in [2.75, 3.05) is 13.1 Å². The first kappa shape index (κ1) is 15.3. The van der Waals surface area contributed by atoms with Gasteiger partial charge in [-0.3, -0.25) is 0 Å². The number of aryl methyl sites for hydroxylation is 1. The summed E-state index contributed by atoms with van der Waals surface area (Å²) >= 11 is 0. The highest BCUT2D eigenvalue weighted by Gasteiger charge is 2.30. The van der Waals surface area contributed by atoms with Crippen LogP contribution in [0.5, 0.6) is 0 Å². The highest BCUT2D eigenvalue weighted by atomic mass is 19.1. The van der Waals surface area contributed by atoms with Gasteiger partial charge in [-0.25, -0.2) is 9.18 Å². The van der Waals surface area contributed by atoms with E-state index in [1.54, 1.807) is 17.9 Å². The second-order valence-corrected chi connectivity index (χ2v) is 6.47. The fraction of sp³-hybridized carbons (Fsp3) is 0.588. The van der Waals surface area contributed by atoms with E-state index in [-0.39, 0.29) is 23.8 Å². The Morgan fingerprint density at radius 3 is 3.05 bits per heavy atom. The van der Waals surface area contributed by atoms with Crippen LogP contribution >= 0.6 is 0 Å². The molecule has 1 aliphatic carbocycles. The van der Waals surface area contributed by atoms with Gasteiger partial charge < -0.3 is 15.3 Å². The molecule has 5 heteroatoms. The number of amides is 2. The first-order valence-corrected chi connectivity index (χ1v) is 8.06. The predicted molar refractivity (Wildman–Crippen MR) is 82.0 cm³/mol. The van der Waals surface area contributed by atoms with Crippen molar-refractivity contribution in [3.05, 3.63) is 35.1 Å². The molecule has 1 heterocycles. The summed E-state index contributed by atoms with van der Waals surface area (Å²) in [6.45, 7) is 3.09. The molecule has 2 aliphatic rings. The smallest absolute Gasteiger partial charge is 0.317 e. The van der Waals surface area contributed by atoms with Gasteiger partial charge in [0.1, 0.15) is 5.82 Å². The van der Waals surface area contributed by atoms with Crippen LogP contribution in [-0.4, -0.2) is 35.2 Å². The molecule has 2 amide bonds. The van der Waals surface area contributed by atoms with Crippen molar-refractivity contribution < 1.29 is 14.3 Å². The van der Waals surface area contributed by atoms with E-state index in [0.717, 1.165) is 43.4 Å². The average Bonchev–Trinajstić information content (AvgIpc) is 2.89. The molecular formula is C17H23FN2O2. The molecule has 2 N–H and O–H groups in total. The Morgan fingerprint density at radius 2 is 2.27 bits per heavy atom. The number of nitrogens with one attached hydrogen (secondary N) is 1. The summed E-state index contributed by atoms with van der Waals surface area (Å²) in [4.78, 5) is 14.2. The van der Waals surface area contributed by atoms with Gasteiger partial charge in [0.2, 0.25) is 0 Å². The van der Waals surface area contributed by atoms with E-state index in [1.807, 2.05) is 0 Å². The predicted octanol–water partition coefficient (Wildman–Crippen LogP) is 2.62. The van der Waals surface area contributed by atoms with Crippen molar-refractivity contribution in [2.45, 2.75) is 44.8 Å². The number of hydrogen-bond donors (Lipinski definition) is 2. The molecule has 3 rings (SSSR count).